The minimum Gasteiger partial charge on any atom is -0.508 e. The molecule has 0 spiro atoms. The van der Waals surface area contributed by atoms with E-state index in [1.807, 2.05) is 13.8 Å². The van der Waals surface area contributed by atoms with Crippen LogP contribution in [0.3, 0.4) is 0 Å². The minimum absolute atomic E-state index is 0.00464. The zero-order valence-corrected chi connectivity index (χ0v) is 21.5. The van der Waals surface area contributed by atoms with Gasteiger partial charge in [-0.15, -0.1) is 0 Å². The van der Waals surface area contributed by atoms with Crippen LogP contribution in [0.2, 0.25) is 0 Å². The highest BCUT2D eigenvalue weighted by molar-refractivity contribution is 5.94. The highest BCUT2D eigenvalue weighted by Gasteiger charge is 2.32. The van der Waals surface area contributed by atoms with Crippen molar-refractivity contribution in [3.63, 3.8) is 0 Å². The second-order valence-corrected chi connectivity index (χ2v) is 9.58. The lowest BCUT2D eigenvalue weighted by Gasteiger charge is -2.27. The number of aromatic nitrogens is 2. The van der Waals surface area contributed by atoms with Gasteiger partial charge in [0.25, 0.3) is 0 Å². The van der Waals surface area contributed by atoms with E-state index in [2.05, 4.69) is 25.9 Å². The Kier molecular flexibility index (Phi) is 11.2. The molecule has 5 unspecified atom stereocenters. The summed E-state index contributed by atoms with van der Waals surface area (Å²) in [5, 5.41) is 36.7. The van der Waals surface area contributed by atoms with Gasteiger partial charge in [-0.05, 0) is 37.0 Å². The first-order valence-corrected chi connectivity index (χ1v) is 12.2. The predicted molar refractivity (Wildman–Crippen MR) is 137 cm³/mol. The largest absolute Gasteiger partial charge is 0.508 e. The van der Waals surface area contributed by atoms with Crippen LogP contribution in [0, 0.1) is 5.92 Å². The number of nitrogens with zero attached hydrogens (tertiary/aromatic N) is 1. The van der Waals surface area contributed by atoms with Crippen molar-refractivity contribution in [3.05, 3.63) is 48.0 Å². The summed E-state index contributed by atoms with van der Waals surface area (Å²) < 4.78 is 0. The number of phenolic OH excluding ortho intramolecular Hbond substituents is 1. The maximum absolute atomic E-state index is 13.1. The van der Waals surface area contributed by atoms with Crippen molar-refractivity contribution in [2.24, 2.45) is 11.7 Å². The Morgan fingerprint density at radius 1 is 0.947 bits per heavy atom. The number of carboxylic acids is 1. The zero-order valence-electron chi connectivity index (χ0n) is 21.5. The molecule has 38 heavy (non-hydrogen) atoms. The van der Waals surface area contributed by atoms with Crippen LogP contribution in [0.25, 0.3) is 0 Å². The number of carbonyl (C=O) groups is 4. The first-order chi connectivity index (χ1) is 17.9. The van der Waals surface area contributed by atoms with Gasteiger partial charge in [0.2, 0.25) is 17.7 Å². The van der Waals surface area contributed by atoms with Gasteiger partial charge in [-0.3, -0.25) is 14.4 Å². The van der Waals surface area contributed by atoms with Crippen LogP contribution in [-0.2, 0) is 32.0 Å². The topological polar surface area (TPSA) is 220 Å². The van der Waals surface area contributed by atoms with Gasteiger partial charge in [-0.25, -0.2) is 9.78 Å². The number of aromatic amines is 1. The van der Waals surface area contributed by atoms with E-state index in [0.29, 0.717) is 11.3 Å². The fourth-order valence-corrected chi connectivity index (χ4v) is 3.70. The standard InChI is InChI=1S/C25H36N6O7/c1-13(2)8-20(25(37)38)30-23(35)19(9-15-4-6-17(33)7-5-15)29-24(36)21(14(3)32)31-22(34)18(26)10-16-11-27-12-28-16/h4-7,11-14,18-21,32-33H,8-10,26H2,1-3H3,(H,27,28)(H,29,36)(H,30,35)(H,31,34)(H,37,38). The third-order valence-electron chi connectivity index (χ3n) is 5.72. The Morgan fingerprint density at radius 2 is 1.58 bits per heavy atom. The van der Waals surface area contributed by atoms with Gasteiger partial charge in [0, 0.05) is 24.7 Å². The van der Waals surface area contributed by atoms with Gasteiger partial charge in [-0.1, -0.05) is 26.0 Å². The number of imidazole rings is 1. The monoisotopic (exact) mass is 532 g/mol. The lowest BCUT2D eigenvalue weighted by molar-refractivity contribution is -0.143. The molecule has 0 aliphatic carbocycles. The Balaban J connectivity index is 2.19. The van der Waals surface area contributed by atoms with Gasteiger partial charge >= 0.3 is 5.97 Å². The summed E-state index contributed by atoms with van der Waals surface area (Å²) in [5.74, 6) is -3.57. The van der Waals surface area contributed by atoms with E-state index in [-0.39, 0.29) is 30.9 Å². The molecule has 1 aromatic carbocycles. The van der Waals surface area contributed by atoms with Gasteiger partial charge in [0.05, 0.1) is 18.5 Å². The molecule has 0 saturated heterocycles. The third-order valence-corrected chi connectivity index (χ3v) is 5.72. The number of carboxylic acid groups (broad SMARTS) is 1. The summed E-state index contributed by atoms with van der Waals surface area (Å²) in [6.07, 6.45) is 1.82. The lowest BCUT2D eigenvalue weighted by atomic mass is 10.0. The molecule has 0 saturated carbocycles. The molecule has 208 valence electrons. The number of H-pyrrole nitrogens is 1. The number of nitrogens with one attached hydrogen (secondary N) is 4. The summed E-state index contributed by atoms with van der Waals surface area (Å²) in [4.78, 5) is 57.2. The molecular weight excluding hydrogens is 496 g/mol. The number of phenols is 1. The van der Waals surface area contributed by atoms with Crippen LogP contribution in [-0.4, -0.2) is 79.2 Å². The average Bonchev–Trinajstić information content (AvgIpc) is 3.35. The average molecular weight is 533 g/mol. The van der Waals surface area contributed by atoms with Gasteiger partial charge in [0.15, 0.2) is 0 Å². The first kappa shape index (κ1) is 30.3. The summed E-state index contributed by atoms with van der Waals surface area (Å²) in [6, 6.07) is 0.979. The summed E-state index contributed by atoms with van der Waals surface area (Å²) >= 11 is 0. The number of aliphatic hydroxyl groups is 1. The van der Waals surface area contributed by atoms with Gasteiger partial charge < -0.3 is 42.0 Å². The predicted octanol–water partition coefficient (Wildman–Crippen LogP) is -0.806. The molecule has 13 nitrogen and oxygen atoms in total. The summed E-state index contributed by atoms with van der Waals surface area (Å²) in [7, 11) is 0. The molecule has 0 aliphatic heterocycles. The van der Waals surface area contributed by atoms with Crippen molar-refractivity contribution >= 4 is 23.7 Å². The quantitative estimate of drug-likeness (QED) is 0.152. The molecule has 9 N–H and O–H groups in total. The second kappa shape index (κ2) is 14.1. The first-order valence-electron chi connectivity index (χ1n) is 12.2. The van der Waals surface area contributed by atoms with E-state index >= 15 is 0 Å². The molecule has 1 aromatic heterocycles. The Hall–Kier alpha value is -3.97. The van der Waals surface area contributed by atoms with E-state index in [9.17, 15) is 34.5 Å². The maximum atomic E-state index is 13.1. The van der Waals surface area contributed by atoms with Crippen molar-refractivity contribution in [1.29, 1.82) is 0 Å². The second-order valence-electron chi connectivity index (χ2n) is 9.58. The van der Waals surface area contributed by atoms with E-state index in [4.69, 9.17) is 5.73 Å². The maximum Gasteiger partial charge on any atom is 0.326 e. The summed E-state index contributed by atoms with van der Waals surface area (Å²) in [6.45, 7) is 4.92. The molecule has 2 aromatic rings. The Bertz CT molecular complexity index is 1070. The number of amides is 3. The van der Waals surface area contributed by atoms with Crippen LogP contribution in [0.15, 0.2) is 36.8 Å². The number of aromatic hydroxyl groups is 1. The molecule has 5 atom stereocenters. The van der Waals surface area contributed by atoms with Crippen LogP contribution < -0.4 is 21.7 Å². The van der Waals surface area contributed by atoms with E-state index in [1.165, 1.54) is 31.6 Å². The molecule has 2 rings (SSSR count). The lowest BCUT2D eigenvalue weighted by Crippen LogP contribution is -2.60. The molecule has 0 fully saturated rings. The highest BCUT2D eigenvalue weighted by Crippen LogP contribution is 2.13. The molecule has 0 aliphatic rings. The van der Waals surface area contributed by atoms with Gasteiger partial charge in [-0.2, -0.15) is 0 Å². The molecule has 0 radical (unpaired) electrons. The van der Waals surface area contributed by atoms with Crippen LogP contribution in [0.1, 0.15) is 38.4 Å². The van der Waals surface area contributed by atoms with E-state index < -0.39 is 54.0 Å². The van der Waals surface area contributed by atoms with Crippen molar-refractivity contribution in [1.82, 2.24) is 25.9 Å². The molecule has 3 amide bonds. The number of hydrogen-bond donors (Lipinski definition) is 8. The zero-order chi connectivity index (χ0) is 28.4. The fraction of sp³-hybridized carbons (Fsp3) is 0.480. The summed E-state index contributed by atoms with van der Waals surface area (Å²) in [5.41, 5.74) is 7.10. The molecule has 13 heteroatoms. The number of aliphatic hydroxyl groups excluding tert-OH is 1. The number of hydrogen-bond acceptors (Lipinski definition) is 8. The molecular formula is C25H36N6O7. The number of nitrogens with two attached hydrogens (primary N) is 1. The van der Waals surface area contributed by atoms with E-state index in [1.54, 1.807) is 12.1 Å². The Morgan fingerprint density at radius 3 is 2.11 bits per heavy atom. The van der Waals surface area contributed by atoms with Gasteiger partial charge in [0.1, 0.15) is 23.9 Å². The van der Waals surface area contributed by atoms with Crippen molar-refractivity contribution in [3.8, 4) is 5.75 Å². The van der Waals surface area contributed by atoms with Crippen molar-refractivity contribution in [2.75, 3.05) is 0 Å². The van der Waals surface area contributed by atoms with Crippen molar-refractivity contribution < 1.29 is 34.5 Å². The Labute approximate surface area is 220 Å². The minimum atomic E-state index is -1.45. The molecule has 1 heterocycles. The van der Waals surface area contributed by atoms with Crippen LogP contribution >= 0.6 is 0 Å². The number of carbonyl (C=O) groups excluding carboxylic acids is 3. The highest BCUT2D eigenvalue weighted by atomic mass is 16.4. The smallest absolute Gasteiger partial charge is 0.326 e. The van der Waals surface area contributed by atoms with Crippen molar-refractivity contribution in [2.45, 2.75) is 70.3 Å². The van der Waals surface area contributed by atoms with Crippen LogP contribution in [0.4, 0.5) is 0 Å². The fourth-order valence-electron chi connectivity index (χ4n) is 3.70. The van der Waals surface area contributed by atoms with E-state index in [0.717, 1.165) is 0 Å². The normalized spacial score (nSPS) is 15.1. The number of benzene rings is 1. The number of aliphatic carboxylic acids is 1. The van der Waals surface area contributed by atoms with Crippen LogP contribution in [0.5, 0.6) is 5.75 Å². The molecule has 0 bridgehead atoms. The SMILES string of the molecule is CC(C)CC(NC(=O)C(Cc1ccc(O)cc1)NC(=O)C(NC(=O)C(N)Cc1cnc[nH]1)C(C)O)C(=O)O. The third kappa shape index (κ3) is 9.48. The number of rotatable bonds is 14.